The van der Waals surface area contributed by atoms with Gasteiger partial charge in [0.15, 0.2) is 0 Å². The van der Waals surface area contributed by atoms with Crippen LogP contribution >= 0.6 is 0 Å². The normalized spacial score (nSPS) is 23.3. The molecule has 1 aromatic rings. The van der Waals surface area contributed by atoms with Crippen LogP contribution in [0.3, 0.4) is 0 Å². The molecule has 29 heavy (non-hydrogen) atoms. The first-order valence-electron chi connectivity index (χ1n) is 9.47. The molecule has 0 aliphatic carbocycles. The molecule has 2 aliphatic rings. The van der Waals surface area contributed by atoms with Crippen LogP contribution in [0.1, 0.15) is 24.8 Å². The molecule has 2 aliphatic heterocycles. The number of anilines is 1. The molecule has 2 atom stereocenters. The Hall–Kier alpha value is -2.01. The maximum absolute atomic E-state index is 13.3. The lowest BCUT2D eigenvalue weighted by molar-refractivity contribution is -0.137. The van der Waals surface area contributed by atoms with E-state index in [4.69, 9.17) is 0 Å². The number of rotatable bonds is 4. The molecule has 2 unspecified atom stereocenters. The first-order valence-corrected chi connectivity index (χ1v) is 11.4. The van der Waals surface area contributed by atoms with Gasteiger partial charge in [0, 0.05) is 44.0 Å². The fourth-order valence-corrected chi connectivity index (χ4v) is 4.71. The van der Waals surface area contributed by atoms with Gasteiger partial charge < -0.3 is 15.1 Å². The Morgan fingerprint density at radius 1 is 1.10 bits per heavy atom. The van der Waals surface area contributed by atoms with E-state index in [1.807, 2.05) is 0 Å². The van der Waals surface area contributed by atoms with E-state index in [0.29, 0.717) is 32.4 Å². The van der Waals surface area contributed by atoms with Gasteiger partial charge in [-0.3, -0.25) is 0 Å². The molecule has 162 valence electrons. The van der Waals surface area contributed by atoms with Crippen LogP contribution in [0.25, 0.3) is 0 Å². The third kappa shape index (κ3) is 5.75. The number of hydrogen-bond donors (Lipinski definition) is 2. The van der Waals surface area contributed by atoms with Crippen LogP contribution in [0.2, 0.25) is 0 Å². The highest BCUT2D eigenvalue weighted by Gasteiger charge is 2.36. The highest BCUT2D eigenvalue weighted by Crippen LogP contribution is 2.37. The average Bonchev–Trinajstić information content (AvgIpc) is 3.08. The Kier molecular flexibility index (Phi) is 6.27. The van der Waals surface area contributed by atoms with Crippen LogP contribution in [-0.4, -0.2) is 63.9 Å². The lowest BCUT2D eigenvalue weighted by Gasteiger charge is -2.33. The summed E-state index contributed by atoms with van der Waals surface area (Å²) >= 11 is 0. The number of urea groups is 1. The van der Waals surface area contributed by atoms with Crippen molar-refractivity contribution in [3.63, 3.8) is 0 Å². The highest BCUT2D eigenvalue weighted by atomic mass is 32.2. The van der Waals surface area contributed by atoms with Crippen molar-refractivity contribution >= 4 is 21.7 Å². The number of nitrogens with zero attached hydrogens (tertiary/aromatic N) is 2. The molecule has 0 spiro atoms. The van der Waals surface area contributed by atoms with Crippen LogP contribution in [-0.2, 0) is 16.2 Å². The van der Waals surface area contributed by atoms with E-state index in [1.165, 1.54) is 12.1 Å². The first kappa shape index (κ1) is 21.7. The summed E-state index contributed by atoms with van der Waals surface area (Å²) < 4.78 is 65.1. The molecule has 11 heteroatoms. The van der Waals surface area contributed by atoms with Crippen molar-refractivity contribution in [2.24, 2.45) is 0 Å². The summed E-state index contributed by atoms with van der Waals surface area (Å²) in [6.45, 7) is 1.49. The standard InChI is InChI=1S/C18H25F3N4O3S/c1-29(27,28)23-14-5-4-9-25(12-14)17(26)22-13-8-10-24(11-13)16-7-3-2-6-15(16)18(19,20)21/h2-3,6-7,13-14,23H,4-5,8-12H2,1H3,(H,22,26). The second-order valence-electron chi connectivity index (χ2n) is 7.57. The second kappa shape index (κ2) is 8.39. The minimum atomic E-state index is -4.44. The molecule has 1 aromatic carbocycles. The van der Waals surface area contributed by atoms with Gasteiger partial charge in [-0.05, 0) is 31.4 Å². The molecule has 0 radical (unpaired) electrons. The third-order valence-electron chi connectivity index (χ3n) is 5.16. The fraction of sp³-hybridized carbons (Fsp3) is 0.611. The number of likely N-dealkylation sites (tertiary alicyclic amines) is 1. The lowest BCUT2D eigenvalue weighted by atomic mass is 10.1. The maximum atomic E-state index is 13.3. The summed E-state index contributed by atoms with van der Waals surface area (Å²) in [6.07, 6.45) is -1.49. The van der Waals surface area contributed by atoms with E-state index in [1.54, 1.807) is 15.9 Å². The molecular formula is C18H25F3N4O3S. The molecule has 0 bridgehead atoms. The number of carbonyl (C=O) groups excluding carboxylic acids is 1. The van der Waals surface area contributed by atoms with E-state index in [2.05, 4.69) is 10.0 Å². The van der Waals surface area contributed by atoms with Crippen molar-refractivity contribution < 1.29 is 26.4 Å². The first-order chi connectivity index (χ1) is 13.5. The van der Waals surface area contributed by atoms with Gasteiger partial charge >= 0.3 is 12.2 Å². The Bertz CT molecular complexity index is 847. The Balaban J connectivity index is 1.58. The van der Waals surface area contributed by atoms with Gasteiger partial charge in [-0.2, -0.15) is 13.2 Å². The molecule has 2 amide bonds. The number of carbonyl (C=O) groups is 1. The van der Waals surface area contributed by atoms with Gasteiger partial charge in [0.1, 0.15) is 0 Å². The molecule has 3 rings (SSSR count). The van der Waals surface area contributed by atoms with E-state index in [-0.39, 0.29) is 36.9 Å². The number of nitrogens with one attached hydrogen (secondary N) is 2. The fourth-order valence-electron chi connectivity index (χ4n) is 3.91. The van der Waals surface area contributed by atoms with Crippen molar-refractivity contribution in [1.29, 1.82) is 0 Å². The Morgan fingerprint density at radius 3 is 2.52 bits per heavy atom. The maximum Gasteiger partial charge on any atom is 0.418 e. The van der Waals surface area contributed by atoms with Crippen LogP contribution in [0, 0.1) is 0 Å². The highest BCUT2D eigenvalue weighted by molar-refractivity contribution is 7.88. The van der Waals surface area contributed by atoms with Gasteiger partial charge in [-0.25, -0.2) is 17.9 Å². The second-order valence-corrected chi connectivity index (χ2v) is 9.35. The largest absolute Gasteiger partial charge is 0.418 e. The number of benzene rings is 1. The predicted octanol–water partition coefficient (Wildman–Crippen LogP) is 2.01. The lowest BCUT2D eigenvalue weighted by Crippen LogP contribution is -2.53. The molecule has 0 aromatic heterocycles. The van der Waals surface area contributed by atoms with Crippen molar-refractivity contribution in [2.45, 2.75) is 37.5 Å². The zero-order valence-electron chi connectivity index (χ0n) is 16.1. The van der Waals surface area contributed by atoms with Gasteiger partial charge in [-0.15, -0.1) is 0 Å². The van der Waals surface area contributed by atoms with Crippen molar-refractivity contribution in [1.82, 2.24) is 14.9 Å². The number of sulfonamides is 1. The van der Waals surface area contributed by atoms with Gasteiger partial charge in [0.2, 0.25) is 10.0 Å². The Morgan fingerprint density at radius 2 is 1.83 bits per heavy atom. The van der Waals surface area contributed by atoms with E-state index in [9.17, 15) is 26.4 Å². The quantitative estimate of drug-likeness (QED) is 0.760. The molecule has 2 saturated heterocycles. The van der Waals surface area contributed by atoms with Crippen LogP contribution in [0.4, 0.5) is 23.7 Å². The van der Waals surface area contributed by atoms with Crippen molar-refractivity contribution in [3.8, 4) is 0 Å². The summed E-state index contributed by atoms with van der Waals surface area (Å²) in [4.78, 5) is 15.8. The summed E-state index contributed by atoms with van der Waals surface area (Å²) in [6, 6.07) is 4.51. The molecule has 2 heterocycles. The predicted molar refractivity (Wildman–Crippen MR) is 103 cm³/mol. The Labute approximate surface area is 168 Å². The van der Waals surface area contributed by atoms with Gasteiger partial charge in [-0.1, -0.05) is 12.1 Å². The average molecular weight is 434 g/mol. The molecule has 0 saturated carbocycles. The minimum Gasteiger partial charge on any atom is -0.369 e. The number of alkyl halides is 3. The minimum absolute atomic E-state index is 0.118. The monoisotopic (exact) mass is 434 g/mol. The number of piperidine rings is 1. The van der Waals surface area contributed by atoms with Crippen LogP contribution in [0.5, 0.6) is 0 Å². The number of halogens is 3. The topological polar surface area (TPSA) is 81.8 Å². The summed E-state index contributed by atoms with van der Waals surface area (Å²) in [7, 11) is -3.36. The number of amides is 2. The SMILES string of the molecule is CS(=O)(=O)NC1CCCN(C(=O)NC2CCN(c3ccccc3C(F)(F)F)C2)C1. The van der Waals surface area contributed by atoms with E-state index < -0.39 is 21.8 Å². The van der Waals surface area contributed by atoms with E-state index in [0.717, 1.165) is 12.3 Å². The molecule has 7 nitrogen and oxygen atoms in total. The third-order valence-corrected chi connectivity index (χ3v) is 5.92. The smallest absolute Gasteiger partial charge is 0.369 e. The van der Waals surface area contributed by atoms with Gasteiger partial charge in [0.25, 0.3) is 0 Å². The van der Waals surface area contributed by atoms with Crippen molar-refractivity contribution in [2.75, 3.05) is 37.3 Å². The number of para-hydroxylation sites is 1. The number of hydrogen-bond acceptors (Lipinski definition) is 4. The summed E-state index contributed by atoms with van der Waals surface area (Å²) in [5.41, 5.74) is -0.565. The summed E-state index contributed by atoms with van der Waals surface area (Å²) in [5.74, 6) is 0. The molecular weight excluding hydrogens is 409 g/mol. The van der Waals surface area contributed by atoms with Crippen LogP contribution < -0.4 is 14.9 Å². The molecule has 2 N–H and O–H groups in total. The zero-order chi connectivity index (χ0) is 21.2. The van der Waals surface area contributed by atoms with Gasteiger partial charge in [0.05, 0.1) is 11.8 Å². The zero-order valence-corrected chi connectivity index (χ0v) is 16.9. The van der Waals surface area contributed by atoms with Crippen LogP contribution in [0.15, 0.2) is 24.3 Å². The summed E-state index contributed by atoms with van der Waals surface area (Å²) in [5, 5.41) is 2.88. The molecule has 2 fully saturated rings. The van der Waals surface area contributed by atoms with E-state index >= 15 is 0 Å². The van der Waals surface area contributed by atoms with Crippen molar-refractivity contribution in [3.05, 3.63) is 29.8 Å².